The van der Waals surface area contributed by atoms with Gasteiger partial charge in [-0.05, 0) is 26.3 Å². The molecule has 0 aliphatic rings. The van der Waals surface area contributed by atoms with E-state index >= 15 is 0 Å². The number of amides is 1. The molecule has 0 saturated carbocycles. The lowest BCUT2D eigenvalue weighted by Gasteiger charge is -2.12. The highest BCUT2D eigenvalue weighted by Gasteiger charge is 2.19. The van der Waals surface area contributed by atoms with Gasteiger partial charge in [0.25, 0.3) is 5.91 Å². The fraction of sp³-hybridized carbons (Fsp3) is 0.583. The van der Waals surface area contributed by atoms with Gasteiger partial charge >= 0.3 is 0 Å². The summed E-state index contributed by atoms with van der Waals surface area (Å²) in [6.45, 7) is 6.34. The number of primary sulfonamides is 1. The molecule has 0 aliphatic heterocycles. The largest absolute Gasteiger partial charge is 0.351 e. The molecule has 6 nitrogen and oxygen atoms in total. The zero-order valence-electron chi connectivity index (χ0n) is 11.5. The van der Waals surface area contributed by atoms with E-state index in [1.807, 2.05) is 20.8 Å². The third-order valence-corrected chi connectivity index (χ3v) is 3.64. The molecule has 0 saturated heterocycles. The zero-order chi connectivity index (χ0) is 14.6. The second kappa shape index (κ2) is 6.21. The van der Waals surface area contributed by atoms with Crippen molar-refractivity contribution in [1.29, 1.82) is 0 Å². The Balaban J connectivity index is 3.05. The molecule has 0 fully saturated rings. The van der Waals surface area contributed by atoms with Crippen LogP contribution in [0.4, 0.5) is 0 Å². The molecule has 0 atom stereocenters. The Morgan fingerprint density at radius 1 is 1.47 bits per heavy atom. The molecule has 1 aromatic heterocycles. The summed E-state index contributed by atoms with van der Waals surface area (Å²) < 4.78 is 24.3. The van der Waals surface area contributed by atoms with E-state index in [9.17, 15) is 13.2 Å². The first-order valence-electron chi connectivity index (χ1n) is 6.30. The van der Waals surface area contributed by atoms with Gasteiger partial charge in [0.15, 0.2) is 0 Å². The van der Waals surface area contributed by atoms with E-state index in [0.717, 1.165) is 12.8 Å². The summed E-state index contributed by atoms with van der Waals surface area (Å²) in [5.41, 5.74) is 0.315. The van der Waals surface area contributed by atoms with E-state index in [1.54, 1.807) is 4.57 Å². The summed E-state index contributed by atoms with van der Waals surface area (Å²) in [6.07, 6.45) is 3.26. The molecule has 0 aromatic carbocycles. The van der Waals surface area contributed by atoms with E-state index in [0.29, 0.717) is 12.2 Å². The van der Waals surface area contributed by atoms with Gasteiger partial charge in [0.1, 0.15) is 10.6 Å². The summed E-state index contributed by atoms with van der Waals surface area (Å²) in [5.74, 6) is -0.281. The second-order valence-electron chi connectivity index (χ2n) is 4.72. The van der Waals surface area contributed by atoms with Gasteiger partial charge < -0.3 is 9.88 Å². The molecule has 7 heteroatoms. The summed E-state index contributed by atoms with van der Waals surface area (Å²) >= 11 is 0. The number of hydrogen-bond donors (Lipinski definition) is 2. The molecule has 3 N–H and O–H groups in total. The Bertz CT molecular complexity index is 547. The van der Waals surface area contributed by atoms with Gasteiger partial charge in [-0.2, -0.15) is 0 Å². The monoisotopic (exact) mass is 287 g/mol. The quantitative estimate of drug-likeness (QED) is 0.771. The lowest BCUT2D eigenvalue weighted by atomic mass is 10.3. The fourth-order valence-electron chi connectivity index (χ4n) is 1.69. The highest BCUT2D eigenvalue weighted by Crippen LogP contribution is 2.18. The van der Waals surface area contributed by atoms with E-state index < -0.39 is 10.0 Å². The maximum absolute atomic E-state index is 12.0. The molecule has 0 radical (unpaired) electrons. The summed E-state index contributed by atoms with van der Waals surface area (Å²) in [7, 11) is -3.80. The lowest BCUT2D eigenvalue weighted by Crippen LogP contribution is -2.27. The molecule has 0 aliphatic carbocycles. The van der Waals surface area contributed by atoms with Crippen LogP contribution in [0.3, 0.4) is 0 Å². The standard InChI is InChI=1S/C12H21N3O3S/c1-4-5-6-14-12(16)11-7-10(19(13,17)18)8-15(11)9(2)3/h7-9H,4-6H2,1-3H3,(H,14,16)(H2,13,17,18). The van der Waals surface area contributed by atoms with Crippen LogP contribution in [0, 0.1) is 0 Å². The normalized spacial score (nSPS) is 11.8. The zero-order valence-corrected chi connectivity index (χ0v) is 12.3. The van der Waals surface area contributed by atoms with Crippen molar-refractivity contribution < 1.29 is 13.2 Å². The van der Waals surface area contributed by atoms with E-state index in [4.69, 9.17) is 5.14 Å². The number of aromatic nitrogens is 1. The van der Waals surface area contributed by atoms with Crippen molar-refractivity contribution in [3.8, 4) is 0 Å². The average Bonchev–Trinajstić information content (AvgIpc) is 2.73. The molecule has 1 heterocycles. The van der Waals surface area contributed by atoms with Gasteiger partial charge in [0.2, 0.25) is 10.0 Å². The van der Waals surface area contributed by atoms with Crippen LogP contribution in [0.2, 0.25) is 0 Å². The molecular weight excluding hydrogens is 266 g/mol. The molecule has 0 bridgehead atoms. The minimum absolute atomic E-state index is 0.0255. The number of unbranched alkanes of at least 4 members (excludes halogenated alkanes) is 1. The Morgan fingerprint density at radius 2 is 2.11 bits per heavy atom. The number of carbonyl (C=O) groups is 1. The van der Waals surface area contributed by atoms with Crippen molar-refractivity contribution in [2.75, 3.05) is 6.54 Å². The van der Waals surface area contributed by atoms with Gasteiger partial charge in [0.05, 0.1) is 0 Å². The van der Waals surface area contributed by atoms with Gasteiger partial charge in [-0.1, -0.05) is 13.3 Å². The van der Waals surface area contributed by atoms with Crippen molar-refractivity contribution in [3.05, 3.63) is 18.0 Å². The van der Waals surface area contributed by atoms with E-state index in [-0.39, 0.29) is 16.8 Å². The van der Waals surface area contributed by atoms with Crippen LogP contribution in [0.5, 0.6) is 0 Å². The molecule has 1 rings (SSSR count). The molecule has 0 spiro atoms. The molecule has 0 unspecified atom stereocenters. The number of nitrogens with two attached hydrogens (primary N) is 1. The van der Waals surface area contributed by atoms with E-state index in [1.165, 1.54) is 12.3 Å². The third-order valence-electron chi connectivity index (χ3n) is 2.76. The van der Waals surface area contributed by atoms with Crippen molar-refractivity contribution in [2.24, 2.45) is 5.14 Å². The Morgan fingerprint density at radius 3 is 2.58 bits per heavy atom. The Labute approximate surface area is 114 Å². The predicted octanol–water partition coefficient (Wildman–Crippen LogP) is 1.25. The third kappa shape index (κ3) is 4.07. The number of nitrogens with zero attached hydrogens (tertiary/aromatic N) is 1. The van der Waals surface area contributed by atoms with Crippen LogP contribution in [0.25, 0.3) is 0 Å². The summed E-state index contributed by atoms with van der Waals surface area (Å²) in [6, 6.07) is 1.29. The average molecular weight is 287 g/mol. The molecular formula is C12H21N3O3S. The second-order valence-corrected chi connectivity index (χ2v) is 6.28. The smallest absolute Gasteiger partial charge is 0.267 e. The molecule has 1 aromatic rings. The van der Waals surface area contributed by atoms with Crippen LogP contribution in [0.1, 0.15) is 50.1 Å². The molecule has 108 valence electrons. The number of hydrogen-bond acceptors (Lipinski definition) is 3. The predicted molar refractivity (Wildman–Crippen MR) is 73.4 cm³/mol. The number of sulfonamides is 1. The SMILES string of the molecule is CCCCNC(=O)c1cc(S(N)(=O)=O)cn1C(C)C. The van der Waals surface area contributed by atoms with Gasteiger partial charge in [-0.15, -0.1) is 0 Å². The van der Waals surface area contributed by atoms with Crippen LogP contribution in [-0.4, -0.2) is 25.4 Å². The highest BCUT2D eigenvalue weighted by molar-refractivity contribution is 7.89. The maximum Gasteiger partial charge on any atom is 0.267 e. The fourth-order valence-corrected chi connectivity index (χ4v) is 2.22. The number of rotatable bonds is 6. The van der Waals surface area contributed by atoms with Crippen molar-refractivity contribution in [1.82, 2.24) is 9.88 Å². The van der Waals surface area contributed by atoms with Crippen LogP contribution >= 0.6 is 0 Å². The van der Waals surface area contributed by atoms with Crippen molar-refractivity contribution in [3.63, 3.8) is 0 Å². The highest BCUT2D eigenvalue weighted by atomic mass is 32.2. The first-order valence-corrected chi connectivity index (χ1v) is 7.84. The number of nitrogens with one attached hydrogen (secondary N) is 1. The minimum Gasteiger partial charge on any atom is -0.351 e. The van der Waals surface area contributed by atoms with Crippen molar-refractivity contribution in [2.45, 2.75) is 44.6 Å². The van der Waals surface area contributed by atoms with Crippen molar-refractivity contribution >= 4 is 15.9 Å². The summed E-state index contributed by atoms with van der Waals surface area (Å²) in [5, 5.41) is 7.85. The topological polar surface area (TPSA) is 94.2 Å². The Kier molecular flexibility index (Phi) is 5.13. The minimum atomic E-state index is -3.80. The van der Waals surface area contributed by atoms with E-state index in [2.05, 4.69) is 5.32 Å². The first-order chi connectivity index (χ1) is 8.77. The van der Waals surface area contributed by atoms with Gasteiger partial charge in [-0.3, -0.25) is 4.79 Å². The summed E-state index contributed by atoms with van der Waals surface area (Å²) in [4.78, 5) is 12.0. The lowest BCUT2D eigenvalue weighted by molar-refractivity contribution is 0.0942. The van der Waals surface area contributed by atoms with Gasteiger partial charge in [-0.25, -0.2) is 13.6 Å². The number of carbonyl (C=O) groups excluding carboxylic acids is 1. The molecule has 1 amide bonds. The molecule has 19 heavy (non-hydrogen) atoms. The van der Waals surface area contributed by atoms with Crippen LogP contribution in [-0.2, 0) is 10.0 Å². The first kappa shape index (κ1) is 15.7. The van der Waals surface area contributed by atoms with Crippen LogP contribution < -0.4 is 10.5 Å². The Hall–Kier alpha value is -1.34. The van der Waals surface area contributed by atoms with Crippen LogP contribution in [0.15, 0.2) is 17.2 Å². The maximum atomic E-state index is 12.0. The van der Waals surface area contributed by atoms with Gasteiger partial charge in [0, 0.05) is 18.8 Å².